The minimum absolute atomic E-state index is 0. The van der Waals surface area contributed by atoms with Crippen LogP contribution >= 0.6 is 15.9 Å². The largest absolute Gasteiger partial charge is 0.249 e. The van der Waals surface area contributed by atoms with Gasteiger partial charge in [0.25, 0.3) is 0 Å². The molecule has 0 aromatic carbocycles. The predicted octanol–water partition coefficient (Wildman–Crippen LogP) is 1.84. The zero-order valence-corrected chi connectivity index (χ0v) is 8.89. The fourth-order valence-corrected chi connectivity index (χ4v) is 0.613. The van der Waals surface area contributed by atoms with Crippen LogP contribution in [-0.2, 0) is 19.5 Å². The molecule has 0 saturated carbocycles. The van der Waals surface area contributed by atoms with Crippen LogP contribution in [0.3, 0.4) is 0 Å². The Bertz CT molecular complexity index is 142. The van der Waals surface area contributed by atoms with Crippen molar-refractivity contribution in [3.63, 3.8) is 0 Å². The minimum Gasteiger partial charge on any atom is -0.249 e. The van der Waals surface area contributed by atoms with Crippen LogP contribution in [0.2, 0.25) is 0 Å². The maximum atomic E-state index is 3.90. The maximum absolute atomic E-state index is 3.90. The molecule has 0 spiro atoms. The first-order chi connectivity index (χ1) is 3.39. The van der Waals surface area contributed by atoms with E-state index in [2.05, 4.69) is 20.9 Å². The van der Waals surface area contributed by atoms with E-state index in [4.69, 9.17) is 0 Å². The second kappa shape index (κ2) is 4.16. The van der Waals surface area contributed by atoms with Gasteiger partial charge < -0.3 is 0 Å². The Balaban J connectivity index is 0.000000490. The number of nitrogens with zero attached hydrogens (tertiary/aromatic N) is 1. The van der Waals surface area contributed by atoms with Crippen molar-refractivity contribution in [2.24, 2.45) is 0 Å². The SMILES string of the molecule is Brc1ccccn1.[Zn]. The second-order valence-electron chi connectivity index (χ2n) is 1.15. The molecule has 0 bridgehead atoms. The van der Waals surface area contributed by atoms with Gasteiger partial charge in [-0.2, -0.15) is 0 Å². The molecule has 0 fully saturated rings. The molecule has 0 saturated heterocycles. The van der Waals surface area contributed by atoms with Crippen LogP contribution in [0.5, 0.6) is 0 Å². The van der Waals surface area contributed by atoms with Gasteiger partial charge in [0.15, 0.2) is 0 Å². The van der Waals surface area contributed by atoms with Crippen molar-refractivity contribution in [1.29, 1.82) is 0 Å². The van der Waals surface area contributed by atoms with Gasteiger partial charge in [-0.05, 0) is 28.1 Å². The molecule has 0 atom stereocenters. The van der Waals surface area contributed by atoms with Gasteiger partial charge in [-0.15, -0.1) is 0 Å². The maximum Gasteiger partial charge on any atom is 0.106 e. The summed E-state index contributed by atoms with van der Waals surface area (Å²) in [6.45, 7) is 0. The molecule has 0 aliphatic carbocycles. The molecule has 0 unspecified atom stereocenters. The van der Waals surface area contributed by atoms with E-state index in [-0.39, 0.29) is 19.5 Å². The fraction of sp³-hybridized carbons (Fsp3) is 0. The monoisotopic (exact) mass is 221 g/mol. The van der Waals surface area contributed by atoms with Crippen molar-refractivity contribution in [3.8, 4) is 0 Å². The molecule has 0 aliphatic rings. The van der Waals surface area contributed by atoms with Gasteiger partial charge in [0.2, 0.25) is 0 Å². The molecular formula is C5H4BrNZn. The topological polar surface area (TPSA) is 12.9 Å². The normalized spacial score (nSPS) is 7.62. The molecule has 1 aromatic rings. The van der Waals surface area contributed by atoms with E-state index in [9.17, 15) is 0 Å². The van der Waals surface area contributed by atoms with Crippen LogP contribution < -0.4 is 0 Å². The van der Waals surface area contributed by atoms with Crippen molar-refractivity contribution >= 4 is 15.9 Å². The van der Waals surface area contributed by atoms with Gasteiger partial charge in [0.05, 0.1) is 0 Å². The zero-order valence-electron chi connectivity index (χ0n) is 4.34. The van der Waals surface area contributed by atoms with E-state index in [1.807, 2.05) is 18.2 Å². The second-order valence-corrected chi connectivity index (χ2v) is 1.96. The Kier molecular flexibility index (Phi) is 4.30. The molecule has 1 nitrogen and oxygen atoms in total. The number of pyridine rings is 1. The molecule has 0 radical (unpaired) electrons. The first-order valence-electron chi connectivity index (χ1n) is 1.96. The average Bonchev–Trinajstić information content (AvgIpc) is 1.69. The van der Waals surface area contributed by atoms with E-state index in [0.29, 0.717) is 0 Å². The summed E-state index contributed by atoms with van der Waals surface area (Å²) in [5.41, 5.74) is 0. The summed E-state index contributed by atoms with van der Waals surface area (Å²) < 4.78 is 0.884. The Morgan fingerprint density at radius 3 is 2.38 bits per heavy atom. The van der Waals surface area contributed by atoms with E-state index >= 15 is 0 Å². The summed E-state index contributed by atoms with van der Waals surface area (Å²) in [6.07, 6.45) is 1.74. The average molecular weight is 223 g/mol. The standard InChI is InChI=1S/C5H4BrN.Zn/c6-5-3-1-2-4-7-5;/h1-4H;. The Labute approximate surface area is 69.4 Å². The minimum atomic E-state index is 0. The van der Waals surface area contributed by atoms with Gasteiger partial charge in [-0.25, -0.2) is 4.98 Å². The van der Waals surface area contributed by atoms with E-state index in [1.165, 1.54) is 0 Å². The van der Waals surface area contributed by atoms with E-state index in [1.54, 1.807) is 6.20 Å². The number of rotatable bonds is 0. The Hall–Kier alpha value is 0.253. The van der Waals surface area contributed by atoms with Crippen molar-refractivity contribution in [3.05, 3.63) is 29.0 Å². The van der Waals surface area contributed by atoms with Gasteiger partial charge in [-0.1, -0.05) is 6.07 Å². The summed E-state index contributed by atoms with van der Waals surface area (Å²) >= 11 is 3.20. The molecule has 38 valence electrons. The fourth-order valence-electron chi connectivity index (χ4n) is 0.342. The third-order valence-electron chi connectivity index (χ3n) is 0.629. The van der Waals surface area contributed by atoms with Crippen molar-refractivity contribution < 1.29 is 19.5 Å². The molecule has 1 rings (SSSR count). The number of halogens is 1. The molecule has 0 amide bonds. The molecule has 1 aromatic heterocycles. The van der Waals surface area contributed by atoms with Gasteiger partial charge in [0.1, 0.15) is 4.60 Å². The molecule has 8 heavy (non-hydrogen) atoms. The van der Waals surface area contributed by atoms with Crippen molar-refractivity contribution in [2.45, 2.75) is 0 Å². The van der Waals surface area contributed by atoms with E-state index in [0.717, 1.165) is 4.60 Å². The Morgan fingerprint density at radius 1 is 1.38 bits per heavy atom. The van der Waals surface area contributed by atoms with Gasteiger partial charge in [-0.3, -0.25) is 0 Å². The van der Waals surface area contributed by atoms with Crippen LogP contribution in [0.15, 0.2) is 29.0 Å². The smallest absolute Gasteiger partial charge is 0.106 e. The van der Waals surface area contributed by atoms with Gasteiger partial charge in [0, 0.05) is 25.7 Å². The molecule has 0 aliphatic heterocycles. The molecular weight excluding hydrogens is 219 g/mol. The summed E-state index contributed by atoms with van der Waals surface area (Å²) in [5.74, 6) is 0. The van der Waals surface area contributed by atoms with Crippen molar-refractivity contribution in [2.75, 3.05) is 0 Å². The van der Waals surface area contributed by atoms with Crippen LogP contribution in [0.25, 0.3) is 0 Å². The van der Waals surface area contributed by atoms with Crippen molar-refractivity contribution in [1.82, 2.24) is 4.98 Å². The van der Waals surface area contributed by atoms with Crippen LogP contribution in [0.4, 0.5) is 0 Å². The number of aromatic nitrogens is 1. The number of hydrogen-bond donors (Lipinski definition) is 0. The van der Waals surface area contributed by atoms with Crippen LogP contribution in [-0.4, -0.2) is 4.98 Å². The number of hydrogen-bond acceptors (Lipinski definition) is 1. The third kappa shape index (κ3) is 2.53. The van der Waals surface area contributed by atoms with E-state index < -0.39 is 0 Å². The third-order valence-corrected chi connectivity index (χ3v) is 1.10. The quantitative estimate of drug-likeness (QED) is 0.483. The Morgan fingerprint density at radius 2 is 2.12 bits per heavy atom. The first kappa shape index (κ1) is 8.25. The first-order valence-corrected chi connectivity index (χ1v) is 2.75. The van der Waals surface area contributed by atoms with Gasteiger partial charge >= 0.3 is 0 Å². The zero-order chi connectivity index (χ0) is 5.11. The predicted molar refractivity (Wildman–Crippen MR) is 31.9 cm³/mol. The summed E-state index contributed by atoms with van der Waals surface area (Å²) in [4.78, 5) is 3.90. The van der Waals surface area contributed by atoms with Crippen LogP contribution in [0, 0.1) is 0 Å². The molecule has 0 N–H and O–H groups in total. The molecule has 3 heteroatoms. The molecule has 1 heterocycles. The summed E-state index contributed by atoms with van der Waals surface area (Å²) in [5, 5.41) is 0. The summed E-state index contributed by atoms with van der Waals surface area (Å²) in [7, 11) is 0. The van der Waals surface area contributed by atoms with Crippen LogP contribution in [0.1, 0.15) is 0 Å². The summed E-state index contributed by atoms with van der Waals surface area (Å²) in [6, 6.07) is 5.70.